The summed E-state index contributed by atoms with van der Waals surface area (Å²) >= 11 is 0. The summed E-state index contributed by atoms with van der Waals surface area (Å²) in [5, 5.41) is 9.26. The van der Waals surface area contributed by atoms with Gasteiger partial charge >= 0.3 is 5.97 Å². The molecule has 2 heterocycles. The molecule has 0 bridgehead atoms. The summed E-state index contributed by atoms with van der Waals surface area (Å²) in [7, 11) is 0. The molecule has 0 unspecified atom stereocenters. The Morgan fingerprint density at radius 1 is 1.55 bits per heavy atom. The number of ether oxygens (including phenoxy) is 1. The van der Waals surface area contributed by atoms with E-state index in [2.05, 4.69) is 22.9 Å². The zero-order chi connectivity index (χ0) is 14.5. The second kappa shape index (κ2) is 6.49. The lowest BCUT2D eigenvalue weighted by Crippen LogP contribution is -2.32. The van der Waals surface area contributed by atoms with Crippen LogP contribution in [0.1, 0.15) is 47.6 Å². The SMILES string of the molecule is CCCN1CCc2c(C#N)cc(C(=O)OCC)nc2C1. The summed E-state index contributed by atoms with van der Waals surface area (Å²) in [5.74, 6) is -0.459. The third kappa shape index (κ3) is 2.97. The Hall–Kier alpha value is -1.93. The normalized spacial score (nSPS) is 14.4. The molecule has 20 heavy (non-hydrogen) atoms. The number of hydrogen-bond acceptors (Lipinski definition) is 5. The highest BCUT2D eigenvalue weighted by atomic mass is 16.5. The maximum absolute atomic E-state index is 11.8. The van der Waals surface area contributed by atoms with Gasteiger partial charge in [0.2, 0.25) is 0 Å². The quantitative estimate of drug-likeness (QED) is 0.784. The predicted octanol–water partition coefficient (Wildman–Crippen LogP) is 1.90. The highest BCUT2D eigenvalue weighted by Gasteiger charge is 2.22. The maximum Gasteiger partial charge on any atom is 0.356 e. The molecule has 0 saturated heterocycles. The molecule has 0 aromatic carbocycles. The van der Waals surface area contributed by atoms with Crippen LogP contribution in [0.3, 0.4) is 0 Å². The van der Waals surface area contributed by atoms with Gasteiger partial charge in [-0.2, -0.15) is 5.26 Å². The van der Waals surface area contributed by atoms with Crippen molar-refractivity contribution in [3.8, 4) is 6.07 Å². The summed E-state index contributed by atoms with van der Waals surface area (Å²) in [4.78, 5) is 18.5. The summed E-state index contributed by atoms with van der Waals surface area (Å²) < 4.78 is 4.97. The van der Waals surface area contributed by atoms with Crippen LogP contribution in [0.15, 0.2) is 6.07 Å². The average Bonchev–Trinajstić information content (AvgIpc) is 2.46. The van der Waals surface area contributed by atoms with Crippen LogP contribution in [-0.2, 0) is 17.7 Å². The number of pyridine rings is 1. The van der Waals surface area contributed by atoms with Crippen LogP contribution in [0, 0.1) is 11.3 Å². The Kier molecular flexibility index (Phi) is 4.70. The smallest absolute Gasteiger partial charge is 0.356 e. The average molecular weight is 273 g/mol. The van der Waals surface area contributed by atoms with Gasteiger partial charge in [-0.05, 0) is 37.9 Å². The number of esters is 1. The summed E-state index contributed by atoms with van der Waals surface area (Å²) in [6.07, 6.45) is 1.90. The van der Waals surface area contributed by atoms with E-state index in [4.69, 9.17) is 4.74 Å². The fourth-order valence-electron chi connectivity index (χ4n) is 2.51. The lowest BCUT2D eigenvalue weighted by Gasteiger charge is -2.28. The molecule has 0 amide bonds. The second-order valence-corrected chi connectivity index (χ2v) is 4.84. The Morgan fingerprint density at radius 3 is 3.00 bits per heavy atom. The van der Waals surface area contributed by atoms with E-state index in [0.29, 0.717) is 18.7 Å². The van der Waals surface area contributed by atoms with E-state index in [1.54, 1.807) is 13.0 Å². The number of hydrogen-bond donors (Lipinski definition) is 0. The molecule has 0 N–H and O–H groups in total. The Bertz CT molecular complexity index is 549. The standard InChI is InChI=1S/C15H19N3O2/c1-3-6-18-7-5-12-11(9-16)8-13(15(19)20-4-2)17-14(12)10-18/h8H,3-7,10H2,1-2H3. The lowest BCUT2D eigenvalue weighted by atomic mass is 9.98. The van der Waals surface area contributed by atoms with Gasteiger partial charge in [0, 0.05) is 13.1 Å². The van der Waals surface area contributed by atoms with Crippen LogP contribution in [0.5, 0.6) is 0 Å². The van der Waals surface area contributed by atoms with Crippen molar-refractivity contribution in [2.24, 2.45) is 0 Å². The Balaban J connectivity index is 2.34. The number of fused-ring (bicyclic) bond motifs is 1. The maximum atomic E-state index is 11.8. The van der Waals surface area contributed by atoms with Crippen molar-refractivity contribution in [2.75, 3.05) is 19.7 Å². The zero-order valence-corrected chi connectivity index (χ0v) is 12.0. The number of aromatic nitrogens is 1. The van der Waals surface area contributed by atoms with Crippen molar-refractivity contribution >= 4 is 5.97 Å². The van der Waals surface area contributed by atoms with E-state index in [0.717, 1.165) is 37.2 Å². The van der Waals surface area contributed by atoms with E-state index in [1.165, 1.54) is 0 Å². The summed E-state index contributed by atoms with van der Waals surface area (Å²) in [6, 6.07) is 3.72. The van der Waals surface area contributed by atoms with Gasteiger partial charge in [-0.25, -0.2) is 9.78 Å². The Labute approximate surface area is 119 Å². The van der Waals surface area contributed by atoms with Crippen LogP contribution in [0.4, 0.5) is 0 Å². The molecule has 106 valence electrons. The minimum Gasteiger partial charge on any atom is -0.461 e. The molecule has 1 aliphatic heterocycles. The number of nitriles is 1. The molecule has 0 radical (unpaired) electrons. The zero-order valence-electron chi connectivity index (χ0n) is 12.0. The van der Waals surface area contributed by atoms with E-state index in [1.807, 2.05) is 0 Å². The number of rotatable bonds is 4. The largest absolute Gasteiger partial charge is 0.461 e. The van der Waals surface area contributed by atoms with Gasteiger partial charge in [-0.3, -0.25) is 4.90 Å². The van der Waals surface area contributed by atoms with Crippen LogP contribution < -0.4 is 0 Å². The van der Waals surface area contributed by atoms with E-state index in [9.17, 15) is 10.1 Å². The molecule has 2 rings (SSSR count). The van der Waals surface area contributed by atoms with Gasteiger partial charge < -0.3 is 4.74 Å². The second-order valence-electron chi connectivity index (χ2n) is 4.84. The first kappa shape index (κ1) is 14.5. The van der Waals surface area contributed by atoms with Crippen molar-refractivity contribution < 1.29 is 9.53 Å². The molecular formula is C15H19N3O2. The predicted molar refractivity (Wildman–Crippen MR) is 74.2 cm³/mol. The van der Waals surface area contributed by atoms with Gasteiger partial charge in [-0.15, -0.1) is 0 Å². The molecular weight excluding hydrogens is 254 g/mol. The molecule has 0 fully saturated rings. The molecule has 0 saturated carbocycles. The highest BCUT2D eigenvalue weighted by molar-refractivity contribution is 5.87. The van der Waals surface area contributed by atoms with E-state index >= 15 is 0 Å². The third-order valence-electron chi connectivity index (χ3n) is 3.41. The number of carbonyl (C=O) groups is 1. The van der Waals surface area contributed by atoms with Gasteiger partial charge in [0.1, 0.15) is 5.69 Å². The summed E-state index contributed by atoms with van der Waals surface area (Å²) in [5.41, 5.74) is 2.61. The number of nitrogens with zero attached hydrogens (tertiary/aromatic N) is 3. The highest BCUT2D eigenvalue weighted by Crippen LogP contribution is 2.22. The fourth-order valence-corrected chi connectivity index (χ4v) is 2.51. The first-order valence-electron chi connectivity index (χ1n) is 7.02. The minimum atomic E-state index is -0.459. The van der Waals surface area contributed by atoms with E-state index in [-0.39, 0.29) is 5.69 Å². The molecule has 0 aliphatic carbocycles. The molecule has 1 aromatic rings. The fraction of sp³-hybridized carbons (Fsp3) is 0.533. The van der Waals surface area contributed by atoms with Crippen LogP contribution in [0.2, 0.25) is 0 Å². The van der Waals surface area contributed by atoms with Crippen molar-refractivity contribution in [3.05, 3.63) is 28.6 Å². The topological polar surface area (TPSA) is 66.2 Å². The molecule has 1 aromatic heterocycles. The van der Waals surface area contributed by atoms with Gasteiger partial charge in [-0.1, -0.05) is 6.92 Å². The van der Waals surface area contributed by atoms with Crippen LogP contribution >= 0.6 is 0 Å². The van der Waals surface area contributed by atoms with Gasteiger partial charge in [0.05, 0.1) is 23.9 Å². The van der Waals surface area contributed by atoms with Crippen LogP contribution in [0.25, 0.3) is 0 Å². The first-order valence-corrected chi connectivity index (χ1v) is 7.02. The molecule has 0 spiro atoms. The van der Waals surface area contributed by atoms with E-state index < -0.39 is 5.97 Å². The molecule has 5 nitrogen and oxygen atoms in total. The van der Waals surface area contributed by atoms with Crippen LogP contribution in [-0.4, -0.2) is 35.5 Å². The van der Waals surface area contributed by atoms with Crippen molar-refractivity contribution in [3.63, 3.8) is 0 Å². The van der Waals surface area contributed by atoms with Crippen molar-refractivity contribution in [1.82, 2.24) is 9.88 Å². The Morgan fingerprint density at radius 2 is 2.35 bits per heavy atom. The molecule has 1 aliphatic rings. The first-order chi connectivity index (χ1) is 9.69. The number of carbonyl (C=O) groups excluding carboxylic acids is 1. The van der Waals surface area contributed by atoms with Crippen molar-refractivity contribution in [2.45, 2.75) is 33.2 Å². The van der Waals surface area contributed by atoms with Gasteiger partial charge in [0.25, 0.3) is 0 Å². The molecule has 5 heteroatoms. The van der Waals surface area contributed by atoms with Gasteiger partial charge in [0.15, 0.2) is 0 Å². The minimum absolute atomic E-state index is 0.237. The monoisotopic (exact) mass is 273 g/mol. The lowest BCUT2D eigenvalue weighted by molar-refractivity contribution is 0.0518. The summed E-state index contributed by atoms with van der Waals surface area (Å²) in [6.45, 7) is 6.85. The van der Waals surface area contributed by atoms with Crippen molar-refractivity contribution in [1.29, 1.82) is 5.26 Å². The molecule has 0 atom stereocenters. The third-order valence-corrected chi connectivity index (χ3v) is 3.41.